The lowest BCUT2D eigenvalue weighted by Crippen LogP contribution is -2.42. The molecule has 1 N–H and O–H groups in total. The number of rotatable bonds is 3. The van der Waals surface area contributed by atoms with E-state index in [4.69, 9.17) is 16.3 Å². The summed E-state index contributed by atoms with van der Waals surface area (Å²) in [6, 6.07) is 0. The number of anilines is 1. The summed E-state index contributed by atoms with van der Waals surface area (Å²) in [5.74, 6) is 1.05. The molecule has 22 heavy (non-hydrogen) atoms. The van der Waals surface area contributed by atoms with E-state index in [0.29, 0.717) is 23.4 Å². The highest BCUT2D eigenvalue weighted by Gasteiger charge is 2.23. The second-order valence-electron chi connectivity index (χ2n) is 6.54. The molecule has 7 heteroatoms. The first-order valence-corrected chi connectivity index (χ1v) is 7.90. The summed E-state index contributed by atoms with van der Waals surface area (Å²) in [5, 5.41) is 3.37. The van der Waals surface area contributed by atoms with E-state index in [1.165, 1.54) is 0 Å². The quantitative estimate of drug-likeness (QED) is 0.925. The van der Waals surface area contributed by atoms with Crippen LogP contribution in [0.3, 0.4) is 0 Å². The van der Waals surface area contributed by atoms with Gasteiger partial charge in [-0.05, 0) is 39.5 Å². The van der Waals surface area contributed by atoms with Gasteiger partial charge < -0.3 is 15.0 Å². The van der Waals surface area contributed by atoms with Gasteiger partial charge in [0.1, 0.15) is 5.60 Å². The number of ether oxygens (including phenoxy) is 1. The molecular formula is C15H23ClN4O2. The van der Waals surface area contributed by atoms with Crippen LogP contribution in [0.15, 0.2) is 12.4 Å². The first-order chi connectivity index (χ1) is 10.3. The van der Waals surface area contributed by atoms with Gasteiger partial charge in [0.05, 0.1) is 17.4 Å². The number of amides is 1. The Bertz CT molecular complexity index is 501. The maximum atomic E-state index is 11.7. The summed E-state index contributed by atoms with van der Waals surface area (Å²) < 4.78 is 5.25. The molecule has 1 aromatic heterocycles. The molecule has 6 nitrogen and oxygen atoms in total. The van der Waals surface area contributed by atoms with E-state index < -0.39 is 5.60 Å². The lowest BCUT2D eigenvalue weighted by molar-refractivity contribution is 0.0517. The van der Waals surface area contributed by atoms with Gasteiger partial charge in [-0.3, -0.25) is 0 Å². The number of halogens is 1. The Morgan fingerprint density at radius 3 is 2.77 bits per heavy atom. The number of carbonyl (C=O) groups excluding carboxylic acids is 1. The molecule has 1 aliphatic rings. The molecule has 1 unspecified atom stereocenters. The van der Waals surface area contributed by atoms with Crippen LogP contribution < -0.4 is 10.2 Å². The minimum atomic E-state index is -0.472. The second kappa shape index (κ2) is 7.13. The van der Waals surface area contributed by atoms with E-state index in [-0.39, 0.29) is 6.09 Å². The smallest absolute Gasteiger partial charge is 0.407 e. The van der Waals surface area contributed by atoms with Gasteiger partial charge in [0.2, 0.25) is 5.95 Å². The van der Waals surface area contributed by atoms with Crippen LogP contribution in [0.2, 0.25) is 5.02 Å². The maximum Gasteiger partial charge on any atom is 0.407 e. The Kier molecular flexibility index (Phi) is 5.45. The molecule has 1 atom stereocenters. The average molecular weight is 327 g/mol. The lowest BCUT2D eigenvalue weighted by Gasteiger charge is -2.33. The lowest BCUT2D eigenvalue weighted by atomic mass is 9.98. The summed E-state index contributed by atoms with van der Waals surface area (Å²) in [6.07, 6.45) is 4.96. The molecule has 0 aromatic carbocycles. The fourth-order valence-corrected chi connectivity index (χ4v) is 2.52. The highest BCUT2D eigenvalue weighted by atomic mass is 35.5. The molecule has 0 saturated carbocycles. The molecule has 1 amide bonds. The SMILES string of the molecule is CC(C)(C)OC(=O)NCC1CCCN(c2ncc(Cl)cn2)C1. The van der Waals surface area contributed by atoms with Gasteiger partial charge >= 0.3 is 6.09 Å². The van der Waals surface area contributed by atoms with Gasteiger partial charge in [-0.2, -0.15) is 0 Å². The first kappa shape index (κ1) is 16.8. The number of nitrogens with zero attached hydrogens (tertiary/aromatic N) is 3. The van der Waals surface area contributed by atoms with Gasteiger partial charge in [0.25, 0.3) is 0 Å². The minimum Gasteiger partial charge on any atom is -0.444 e. The fourth-order valence-electron chi connectivity index (χ4n) is 2.42. The average Bonchev–Trinajstić information content (AvgIpc) is 2.44. The van der Waals surface area contributed by atoms with Crippen LogP contribution in [0.1, 0.15) is 33.6 Å². The van der Waals surface area contributed by atoms with Crippen LogP contribution in [-0.4, -0.2) is 41.3 Å². The molecule has 0 aliphatic carbocycles. The zero-order valence-corrected chi connectivity index (χ0v) is 14.1. The number of aromatic nitrogens is 2. The van der Waals surface area contributed by atoms with Crippen LogP contribution in [0.4, 0.5) is 10.7 Å². The van der Waals surface area contributed by atoms with Crippen molar-refractivity contribution < 1.29 is 9.53 Å². The van der Waals surface area contributed by atoms with Crippen LogP contribution in [0.25, 0.3) is 0 Å². The van der Waals surface area contributed by atoms with Gasteiger partial charge in [0, 0.05) is 19.6 Å². The highest BCUT2D eigenvalue weighted by molar-refractivity contribution is 6.30. The van der Waals surface area contributed by atoms with Crippen molar-refractivity contribution in [3.05, 3.63) is 17.4 Å². The number of carbonyl (C=O) groups is 1. The van der Waals surface area contributed by atoms with Crippen molar-refractivity contribution >= 4 is 23.6 Å². The molecule has 2 rings (SSSR count). The molecule has 1 aromatic rings. The van der Waals surface area contributed by atoms with Gasteiger partial charge in [-0.25, -0.2) is 14.8 Å². The zero-order chi connectivity index (χ0) is 16.2. The highest BCUT2D eigenvalue weighted by Crippen LogP contribution is 2.20. The number of nitrogens with one attached hydrogen (secondary N) is 1. The van der Waals surface area contributed by atoms with Crippen LogP contribution in [0.5, 0.6) is 0 Å². The molecule has 1 aliphatic heterocycles. The van der Waals surface area contributed by atoms with E-state index in [2.05, 4.69) is 20.2 Å². The summed E-state index contributed by atoms with van der Waals surface area (Å²) in [6.45, 7) is 7.90. The monoisotopic (exact) mass is 326 g/mol. The Morgan fingerprint density at radius 2 is 2.14 bits per heavy atom. The third-order valence-electron chi connectivity index (χ3n) is 3.34. The number of piperidine rings is 1. The summed E-state index contributed by atoms with van der Waals surface area (Å²) in [5.41, 5.74) is -0.472. The zero-order valence-electron chi connectivity index (χ0n) is 13.3. The third kappa shape index (κ3) is 5.33. The molecule has 0 bridgehead atoms. The van der Waals surface area contributed by atoms with Crippen molar-refractivity contribution in [2.45, 2.75) is 39.2 Å². The molecule has 0 radical (unpaired) electrons. The summed E-state index contributed by atoms with van der Waals surface area (Å²) in [4.78, 5) is 22.3. The molecule has 1 fully saturated rings. The van der Waals surface area contributed by atoms with Crippen LogP contribution >= 0.6 is 11.6 Å². The number of alkyl carbamates (subject to hydrolysis) is 1. The normalized spacial score (nSPS) is 18.9. The Balaban J connectivity index is 1.83. The van der Waals surface area contributed by atoms with E-state index in [1.54, 1.807) is 12.4 Å². The van der Waals surface area contributed by atoms with Crippen molar-refractivity contribution in [2.75, 3.05) is 24.5 Å². The standard InChI is InChI=1S/C15H23ClN4O2/c1-15(2,3)22-14(21)19-7-11-5-4-6-20(10-11)13-17-8-12(16)9-18-13/h8-9,11H,4-7,10H2,1-3H3,(H,19,21). The fraction of sp³-hybridized carbons (Fsp3) is 0.667. The minimum absolute atomic E-state index is 0.362. The summed E-state index contributed by atoms with van der Waals surface area (Å²) in [7, 11) is 0. The van der Waals surface area contributed by atoms with Crippen LogP contribution in [-0.2, 0) is 4.74 Å². The molecule has 0 spiro atoms. The third-order valence-corrected chi connectivity index (χ3v) is 3.54. The van der Waals surface area contributed by atoms with Crippen molar-refractivity contribution in [3.8, 4) is 0 Å². The summed E-state index contributed by atoms with van der Waals surface area (Å²) >= 11 is 5.81. The predicted molar refractivity (Wildman–Crippen MR) is 86.2 cm³/mol. The largest absolute Gasteiger partial charge is 0.444 e. The number of hydrogen-bond donors (Lipinski definition) is 1. The first-order valence-electron chi connectivity index (χ1n) is 7.53. The maximum absolute atomic E-state index is 11.7. The van der Waals surface area contributed by atoms with E-state index in [0.717, 1.165) is 25.9 Å². The number of hydrogen-bond acceptors (Lipinski definition) is 5. The van der Waals surface area contributed by atoms with Crippen molar-refractivity contribution in [1.82, 2.24) is 15.3 Å². The second-order valence-corrected chi connectivity index (χ2v) is 6.97. The molecular weight excluding hydrogens is 304 g/mol. The Labute approximate surface area is 136 Å². The van der Waals surface area contributed by atoms with Crippen molar-refractivity contribution in [3.63, 3.8) is 0 Å². The predicted octanol–water partition coefficient (Wildman–Crippen LogP) is 2.87. The van der Waals surface area contributed by atoms with Gasteiger partial charge in [-0.1, -0.05) is 11.6 Å². The van der Waals surface area contributed by atoms with E-state index in [1.807, 2.05) is 20.8 Å². The molecule has 122 valence electrons. The molecule has 2 heterocycles. The Morgan fingerprint density at radius 1 is 1.45 bits per heavy atom. The van der Waals surface area contributed by atoms with E-state index in [9.17, 15) is 4.79 Å². The van der Waals surface area contributed by atoms with Gasteiger partial charge in [-0.15, -0.1) is 0 Å². The Hall–Kier alpha value is -1.56. The van der Waals surface area contributed by atoms with Crippen molar-refractivity contribution in [1.29, 1.82) is 0 Å². The van der Waals surface area contributed by atoms with Crippen LogP contribution in [0, 0.1) is 5.92 Å². The van der Waals surface area contributed by atoms with E-state index >= 15 is 0 Å². The topological polar surface area (TPSA) is 67.3 Å². The molecule has 1 saturated heterocycles. The van der Waals surface area contributed by atoms with Crippen molar-refractivity contribution in [2.24, 2.45) is 5.92 Å². The van der Waals surface area contributed by atoms with Gasteiger partial charge in [0.15, 0.2) is 0 Å².